The molecule has 0 bridgehead atoms. The second-order valence-electron chi connectivity index (χ2n) is 0.456. The number of carboxylic acid groups (broad SMARTS) is 1. The summed E-state index contributed by atoms with van der Waals surface area (Å²) in [6, 6.07) is 0. The van der Waals surface area contributed by atoms with E-state index in [9.17, 15) is 0 Å². The van der Waals surface area contributed by atoms with Crippen molar-refractivity contribution < 1.29 is 31.8 Å². The number of carbonyl (C=O) groups excluding carboxylic acids is 1. The molecule has 0 aromatic carbocycles. The average Bonchev–Trinajstić information content (AvgIpc) is 1.38. The number of hydrogen-bond acceptors (Lipinski definition) is 2. The second kappa shape index (κ2) is 9.82. The SMILES string of the molecule is O=CC(=O)O.[Fe].[NaH]. The summed E-state index contributed by atoms with van der Waals surface area (Å²) in [4.78, 5) is 17.9. The number of carboxylic acids is 1. The molecule has 0 atom stereocenters. The van der Waals surface area contributed by atoms with E-state index in [-0.39, 0.29) is 52.9 Å². The molecule has 0 aromatic heterocycles. The van der Waals surface area contributed by atoms with E-state index in [1.807, 2.05) is 0 Å². The van der Waals surface area contributed by atoms with Crippen molar-refractivity contribution in [1.82, 2.24) is 0 Å². The van der Waals surface area contributed by atoms with E-state index in [1.54, 1.807) is 0 Å². The molecule has 3 nitrogen and oxygen atoms in total. The van der Waals surface area contributed by atoms with Gasteiger partial charge in [0.25, 0.3) is 0 Å². The van der Waals surface area contributed by atoms with Gasteiger partial charge in [-0.25, -0.2) is 4.79 Å². The Labute approximate surface area is 73.2 Å². The molecule has 0 heterocycles. The summed E-state index contributed by atoms with van der Waals surface area (Å²) in [7, 11) is 0. The molecule has 0 saturated carbocycles. The van der Waals surface area contributed by atoms with Crippen LogP contribution in [0.4, 0.5) is 0 Å². The number of aldehydes is 1. The molecule has 1 N–H and O–H groups in total. The predicted octanol–water partition coefficient (Wildman–Crippen LogP) is -1.38. The molecule has 38 valence electrons. The number of carbonyl (C=O) groups is 2. The van der Waals surface area contributed by atoms with Gasteiger partial charge in [0.15, 0.2) is 0 Å². The first-order valence-corrected chi connectivity index (χ1v) is 0.952. The molecule has 0 unspecified atom stereocenters. The van der Waals surface area contributed by atoms with Gasteiger partial charge >= 0.3 is 35.5 Å². The van der Waals surface area contributed by atoms with E-state index >= 15 is 0 Å². The summed E-state index contributed by atoms with van der Waals surface area (Å²) in [5.74, 6) is -1.43. The van der Waals surface area contributed by atoms with E-state index in [2.05, 4.69) is 0 Å². The van der Waals surface area contributed by atoms with Gasteiger partial charge in [-0.05, 0) is 0 Å². The van der Waals surface area contributed by atoms with Gasteiger partial charge in [0.05, 0.1) is 0 Å². The van der Waals surface area contributed by atoms with Crippen molar-refractivity contribution in [2.24, 2.45) is 0 Å². The molecule has 0 aliphatic carbocycles. The molecular formula is C2H3FeNaO3. The van der Waals surface area contributed by atoms with Crippen LogP contribution >= 0.6 is 0 Å². The molecule has 0 radical (unpaired) electrons. The Balaban J connectivity index is -0.0000000800. The van der Waals surface area contributed by atoms with Crippen molar-refractivity contribution in [1.29, 1.82) is 0 Å². The summed E-state index contributed by atoms with van der Waals surface area (Å²) in [5, 5.41) is 7.35. The summed E-state index contributed by atoms with van der Waals surface area (Å²) < 4.78 is 0. The first-order chi connectivity index (χ1) is 2.27. The summed E-state index contributed by atoms with van der Waals surface area (Å²) >= 11 is 0. The van der Waals surface area contributed by atoms with Gasteiger partial charge in [-0.3, -0.25) is 4.79 Å². The van der Waals surface area contributed by atoms with E-state index in [0.29, 0.717) is 0 Å². The maximum absolute atomic E-state index is 9.00. The quantitative estimate of drug-likeness (QED) is 0.287. The zero-order valence-electron chi connectivity index (χ0n) is 2.69. The Morgan fingerprint density at radius 1 is 1.57 bits per heavy atom. The summed E-state index contributed by atoms with van der Waals surface area (Å²) in [5.41, 5.74) is 0. The molecule has 0 rings (SSSR count). The van der Waals surface area contributed by atoms with Crippen LogP contribution < -0.4 is 0 Å². The van der Waals surface area contributed by atoms with Crippen molar-refractivity contribution in [3.05, 3.63) is 0 Å². The summed E-state index contributed by atoms with van der Waals surface area (Å²) in [6.45, 7) is 0. The molecule has 0 spiro atoms. The Bertz CT molecular complexity index is 64.0. The van der Waals surface area contributed by atoms with Crippen molar-refractivity contribution >= 4 is 41.8 Å². The predicted molar refractivity (Wildman–Crippen MR) is 20.8 cm³/mol. The van der Waals surface area contributed by atoms with Crippen molar-refractivity contribution in [3.63, 3.8) is 0 Å². The molecule has 0 aromatic rings. The Hall–Kier alpha value is 0.659. The van der Waals surface area contributed by atoms with E-state index in [1.165, 1.54) is 0 Å². The van der Waals surface area contributed by atoms with Crippen LogP contribution in [0.15, 0.2) is 0 Å². The third kappa shape index (κ3) is 20.4. The molecule has 0 amide bonds. The molecule has 7 heavy (non-hydrogen) atoms. The average molecular weight is 154 g/mol. The first kappa shape index (κ1) is 15.6. The van der Waals surface area contributed by atoms with Crippen LogP contribution in [0.1, 0.15) is 0 Å². The van der Waals surface area contributed by atoms with Gasteiger partial charge in [0.1, 0.15) is 0 Å². The Morgan fingerprint density at radius 3 is 1.71 bits per heavy atom. The Morgan fingerprint density at radius 2 is 1.71 bits per heavy atom. The fraction of sp³-hybridized carbons (Fsp3) is 0. The third-order valence-electron chi connectivity index (χ3n) is 0.101. The van der Waals surface area contributed by atoms with E-state index < -0.39 is 5.97 Å². The molecule has 0 fully saturated rings. The summed E-state index contributed by atoms with van der Waals surface area (Å²) in [6.07, 6.45) is -0.167. The van der Waals surface area contributed by atoms with Gasteiger partial charge in [-0.1, -0.05) is 0 Å². The van der Waals surface area contributed by atoms with E-state index in [0.717, 1.165) is 0 Å². The van der Waals surface area contributed by atoms with Crippen LogP contribution in [0.3, 0.4) is 0 Å². The minimum atomic E-state index is -1.43. The minimum absolute atomic E-state index is 0. The van der Waals surface area contributed by atoms with Crippen molar-refractivity contribution in [2.75, 3.05) is 0 Å². The molecule has 0 aliphatic heterocycles. The number of rotatable bonds is 1. The van der Waals surface area contributed by atoms with Crippen LogP contribution in [0.25, 0.3) is 0 Å². The zero-order chi connectivity index (χ0) is 4.28. The second-order valence-corrected chi connectivity index (χ2v) is 0.456. The standard InChI is InChI=1S/C2H2O3.Fe.Na.H/c3-1-2(4)5;;;/h1H,(H,4,5);;;. The van der Waals surface area contributed by atoms with Crippen LogP contribution in [0.5, 0.6) is 0 Å². The van der Waals surface area contributed by atoms with Gasteiger partial charge in [-0.2, -0.15) is 0 Å². The first-order valence-electron chi connectivity index (χ1n) is 0.952. The van der Waals surface area contributed by atoms with Gasteiger partial charge in [0.2, 0.25) is 6.29 Å². The molecule has 0 saturated heterocycles. The Kier molecular flexibility index (Phi) is 22.0. The fourth-order valence-electron chi connectivity index (χ4n) is 0. The van der Waals surface area contributed by atoms with Gasteiger partial charge in [0, 0.05) is 17.1 Å². The molecular weight excluding hydrogens is 151 g/mol. The van der Waals surface area contributed by atoms with Crippen molar-refractivity contribution in [2.45, 2.75) is 0 Å². The molecule has 5 heteroatoms. The third-order valence-corrected chi connectivity index (χ3v) is 0.101. The van der Waals surface area contributed by atoms with Gasteiger partial charge in [-0.15, -0.1) is 0 Å². The number of hydrogen-bond donors (Lipinski definition) is 1. The van der Waals surface area contributed by atoms with Crippen LogP contribution in [-0.4, -0.2) is 46.9 Å². The van der Waals surface area contributed by atoms with Crippen LogP contribution in [-0.2, 0) is 26.7 Å². The van der Waals surface area contributed by atoms with Crippen LogP contribution in [0, 0.1) is 0 Å². The van der Waals surface area contributed by atoms with Crippen molar-refractivity contribution in [3.8, 4) is 0 Å². The van der Waals surface area contributed by atoms with Gasteiger partial charge < -0.3 is 5.11 Å². The number of aliphatic carboxylic acids is 1. The normalized spacial score (nSPS) is 4.57. The zero-order valence-corrected chi connectivity index (χ0v) is 3.80. The van der Waals surface area contributed by atoms with E-state index in [4.69, 9.17) is 14.7 Å². The monoisotopic (exact) mass is 154 g/mol. The fourth-order valence-corrected chi connectivity index (χ4v) is 0. The molecule has 0 aliphatic rings. The topological polar surface area (TPSA) is 54.4 Å². The maximum atomic E-state index is 9.00. The van der Waals surface area contributed by atoms with Crippen LogP contribution in [0.2, 0.25) is 0 Å².